The van der Waals surface area contributed by atoms with Crippen molar-refractivity contribution in [1.29, 1.82) is 5.26 Å². The van der Waals surface area contributed by atoms with Gasteiger partial charge < -0.3 is 15.7 Å². The molecule has 1 unspecified atom stereocenters. The normalized spacial score (nSPS) is 29.5. The molecule has 7 heterocycles. The van der Waals surface area contributed by atoms with E-state index in [0.717, 1.165) is 34.4 Å². The van der Waals surface area contributed by atoms with Gasteiger partial charge in [0.05, 0.1) is 29.0 Å². The van der Waals surface area contributed by atoms with Crippen LogP contribution in [0.25, 0.3) is 10.9 Å². The van der Waals surface area contributed by atoms with E-state index in [1.165, 1.54) is 15.6 Å². The fraction of sp³-hybridized carbons (Fsp3) is 0.500. The lowest BCUT2D eigenvalue weighted by Crippen LogP contribution is -2.85. The number of thiazole rings is 1. The second kappa shape index (κ2) is 8.31. The summed E-state index contributed by atoms with van der Waals surface area (Å²) in [5.41, 5.74) is 0.807. The number of aliphatic hydroxyl groups excluding tert-OH is 1. The summed E-state index contributed by atoms with van der Waals surface area (Å²) in [5.74, 6) is 1.18. The Morgan fingerprint density at radius 1 is 1.24 bits per heavy atom. The van der Waals surface area contributed by atoms with Crippen LogP contribution in [0.5, 0.6) is 0 Å². The van der Waals surface area contributed by atoms with Crippen LogP contribution in [0.15, 0.2) is 30.6 Å². The van der Waals surface area contributed by atoms with Crippen molar-refractivity contribution in [3.63, 3.8) is 0 Å². The Hall–Kier alpha value is -2.89. The second-order valence-electron chi connectivity index (χ2n) is 10.4. The number of aromatic nitrogens is 3. The molecular formula is C24H26N8O3S2. The van der Waals surface area contributed by atoms with E-state index in [9.17, 15) is 13.5 Å². The Morgan fingerprint density at radius 3 is 2.73 bits per heavy atom. The molecule has 0 aliphatic carbocycles. The van der Waals surface area contributed by atoms with E-state index in [-0.39, 0.29) is 30.7 Å². The number of anilines is 3. The monoisotopic (exact) mass is 538 g/mol. The molecule has 0 saturated carbocycles. The van der Waals surface area contributed by atoms with Crippen molar-refractivity contribution in [1.82, 2.24) is 24.2 Å². The predicted octanol–water partition coefficient (Wildman–Crippen LogP) is 2.22. The van der Waals surface area contributed by atoms with Crippen LogP contribution in [-0.4, -0.2) is 73.8 Å². The summed E-state index contributed by atoms with van der Waals surface area (Å²) in [6, 6.07) is 8.56. The number of pyridine rings is 2. The third-order valence-corrected chi connectivity index (χ3v) is 11.6. The van der Waals surface area contributed by atoms with Crippen molar-refractivity contribution < 1.29 is 13.5 Å². The van der Waals surface area contributed by atoms with Crippen molar-refractivity contribution >= 4 is 49.0 Å². The van der Waals surface area contributed by atoms with Gasteiger partial charge in [-0.2, -0.15) is 9.57 Å². The Morgan fingerprint density at radius 2 is 2.03 bits per heavy atom. The van der Waals surface area contributed by atoms with Crippen LogP contribution in [-0.2, 0) is 16.6 Å². The number of rotatable bonds is 7. The SMILES string of the molecule is N#CC1CN(S(=O)(=O)C23C[C@H]4C[C@H](Nc5nc(Nc6ncc(CO)s6)cc6ncccc56)C[C@@H](C2)N43)C1. The molecule has 4 aliphatic heterocycles. The molecular weight excluding hydrogens is 512 g/mol. The van der Waals surface area contributed by atoms with Crippen molar-refractivity contribution in [2.24, 2.45) is 5.92 Å². The van der Waals surface area contributed by atoms with Crippen LogP contribution in [0.3, 0.4) is 0 Å². The molecule has 0 radical (unpaired) electrons. The van der Waals surface area contributed by atoms with Gasteiger partial charge in [-0.05, 0) is 37.8 Å². The minimum Gasteiger partial charge on any atom is -0.391 e. The van der Waals surface area contributed by atoms with Gasteiger partial charge in [0.25, 0.3) is 0 Å². The Kier molecular flexibility index (Phi) is 5.22. The number of hydrogen-bond donors (Lipinski definition) is 3. The van der Waals surface area contributed by atoms with E-state index in [0.29, 0.717) is 36.9 Å². The largest absolute Gasteiger partial charge is 0.391 e. The van der Waals surface area contributed by atoms with Crippen molar-refractivity contribution in [2.75, 3.05) is 23.7 Å². The van der Waals surface area contributed by atoms with Crippen molar-refractivity contribution in [2.45, 2.75) is 55.3 Å². The molecule has 3 aromatic rings. The molecule has 13 heteroatoms. The fourth-order valence-corrected chi connectivity index (χ4v) is 9.80. The summed E-state index contributed by atoms with van der Waals surface area (Å²) in [6.45, 7) is 0.599. The van der Waals surface area contributed by atoms with E-state index < -0.39 is 14.9 Å². The van der Waals surface area contributed by atoms with Gasteiger partial charge in [-0.25, -0.2) is 18.4 Å². The van der Waals surface area contributed by atoms with E-state index >= 15 is 0 Å². The van der Waals surface area contributed by atoms with Gasteiger partial charge in [0.2, 0.25) is 10.0 Å². The molecule has 11 nitrogen and oxygen atoms in total. The summed E-state index contributed by atoms with van der Waals surface area (Å²) >= 11 is 1.37. The van der Waals surface area contributed by atoms with Crippen LogP contribution in [0.2, 0.25) is 0 Å². The van der Waals surface area contributed by atoms with Gasteiger partial charge in [-0.15, -0.1) is 0 Å². The first-order valence-corrected chi connectivity index (χ1v) is 14.7. The summed E-state index contributed by atoms with van der Waals surface area (Å²) in [7, 11) is -3.42. The van der Waals surface area contributed by atoms with Crippen LogP contribution >= 0.6 is 11.3 Å². The average molecular weight is 539 g/mol. The summed E-state index contributed by atoms with van der Waals surface area (Å²) in [6.07, 6.45) is 6.38. The number of aliphatic hydroxyl groups is 1. The Labute approximate surface area is 218 Å². The number of nitriles is 1. The minimum atomic E-state index is -3.42. The molecule has 0 spiro atoms. The Bertz CT molecular complexity index is 1510. The highest BCUT2D eigenvalue weighted by molar-refractivity contribution is 7.90. The molecule has 4 aliphatic rings. The molecule has 37 heavy (non-hydrogen) atoms. The third-order valence-electron chi connectivity index (χ3n) is 8.21. The zero-order valence-corrected chi connectivity index (χ0v) is 21.5. The highest BCUT2D eigenvalue weighted by Crippen LogP contribution is 2.60. The molecule has 4 fully saturated rings. The van der Waals surface area contributed by atoms with Gasteiger partial charge in [0.15, 0.2) is 5.13 Å². The Balaban J connectivity index is 1.08. The van der Waals surface area contributed by atoms with Gasteiger partial charge >= 0.3 is 0 Å². The summed E-state index contributed by atoms with van der Waals surface area (Å²) in [4.78, 5) is 15.9. The maximum Gasteiger partial charge on any atom is 0.233 e. The number of hydrogen-bond acceptors (Lipinski definition) is 11. The third kappa shape index (κ3) is 3.47. The number of fused-ring (bicyclic) bond motifs is 1. The molecule has 0 bridgehead atoms. The molecule has 192 valence electrons. The van der Waals surface area contributed by atoms with E-state index in [2.05, 4.69) is 31.6 Å². The molecule has 4 saturated heterocycles. The quantitative estimate of drug-likeness (QED) is 0.409. The summed E-state index contributed by atoms with van der Waals surface area (Å²) < 4.78 is 28.1. The van der Waals surface area contributed by atoms with Crippen LogP contribution in [0, 0.1) is 17.2 Å². The molecule has 3 N–H and O–H groups in total. The van der Waals surface area contributed by atoms with Crippen LogP contribution < -0.4 is 10.6 Å². The second-order valence-corrected chi connectivity index (χ2v) is 13.7. The van der Waals surface area contributed by atoms with Crippen molar-refractivity contribution in [3.05, 3.63) is 35.5 Å². The van der Waals surface area contributed by atoms with Gasteiger partial charge in [-0.3, -0.25) is 9.88 Å². The van der Waals surface area contributed by atoms with E-state index in [1.807, 2.05) is 18.2 Å². The van der Waals surface area contributed by atoms with Crippen molar-refractivity contribution in [3.8, 4) is 6.07 Å². The standard InChI is InChI=1S/C24H26N8O3S2/c25-9-14-11-31(12-14)37(34,35)24-7-16-4-15(5-17(8-24)32(16)24)28-22-19-2-1-3-26-20(19)6-21(29-22)30-23-27-10-18(13-33)36-23/h1-3,6,10,14-17,33H,4-5,7-8,11-13H2,(H2,27,28,29,30)/t15-,16+,17-,24?. The highest BCUT2D eigenvalue weighted by atomic mass is 32.2. The first-order chi connectivity index (χ1) is 17.9. The van der Waals surface area contributed by atoms with Gasteiger partial charge in [0, 0.05) is 55.1 Å². The highest BCUT2D eigenvalue weighted by Gasteiger charge is 2.73. The van der Waals surface area contributed by atoms with Crippen LogP contribution in [0.1, 0.15) is 30.6 Å². The lowest BCUT2D eigenvalue weighted by Gasteiger charge is -2.72. The number of nitrogens with zero attached hydrogens (tertiary/aromatic N) is 6. The molecule has 4 atom stereocenters. The average Bonchev–Trinajstić information content (AvgIpc) is 3.27. The van der Waals surface area contributed by atoms with Gasteiger partial charge in [-0.1, -0.05) is 11.3 Å². The fourth-order valence-electron chi connectivity index (χ4n) is 6.52. The topological polar surface area (TPSA) is 147 Å². The smallest absolute Gasteiger partial charge is 0.233 e. The lowest BCUT2D eigenvalue weighted by atomic mass is 9.67. The molecule has 0 amide bonds. The minimum absolute atomic E-state index is 0.0547. The van der Waals surface area contributed by atoms with E-state index in [1.54, 1.807) is 12.4 Å². The molecule has 3 aromatic heterocycles. The van der Waals surface area contributed by atoms with Crippen LogP contribution in [0.4, 0.5) is 16.8 Å². The predicted molar refractivity (Wildman–Crippen MR) is 138 cm³/mol. The van der Waals surface area contributed by atoms with Gasteiger partial charge in [0.1, 0.15) is 16.5 Å². The first kappa shape index (κ1) is 23.2. The number of piperidine rings is 2. The zero-order chi connectivity index (χ0) is 25.4. The molecule has 0 aromatic carbocycles. The zero-order valence-electron chi connectivity index (χ0n) is 19.9. The lowest BCUT2D eigenvalue weighted by molar-refractivity contribution is -0.176. The number of nitrogens with one attached hydrogen (secondary N) is 2. The first-order valence-electron chi connectivity index (χ1n) is 12.4. The maximum absolute atomic E-state index is 13.3. The molecule has 7 rings (SSSR count). The summed E-state index contributed by atoms with van der Waals surface area (Å²) in [5, 5.41) is 26.8. The van der Waals surface area contributed by atoms with E-state index in [4.69, 9.17) is 10.2 Å². The maximum atomic E-state index is 13.3. The number of sulfonamides is 1.